The van der Waals surface area contributed by atoms with Gasteiger partial charge in [0.2, 0.25) is 11.8 Å². The van der Waals surface area contributed by atoms with Gasteiger partial charge >= 0.3 is 0 Å². The van der Waals surface area contributed by atoms with Gasteiger partial charge in [-0.05, 0) is 25.0 Å². The van der Waals surface area contributed by atoms with Crippen LogP contribution < -0.4 is 10.1 Å². The molecule has 4 heteroatoms. The fourth-order valence-corrected chi connectivity index (χ4v) is 2.13. The first-order valence-electron chi connectivity index (χ1n) is 7.76. The molecule has 0 saturated carbocycles. The molecule has 0 aliphatic rings. The molecule has 0 atom stereocenters. The molecule has 0 bridgehead atoms. The number of allylic oxidation sites excluding steroid dienone is 1. The largest absolute Gasteiger partial charge is 0.473 e. The number of rotatable bonds is 7. The van der Waals surface area contributed by atoms with Gasteiger partial charge in [-0.25, -0.2) is 4.98 Å². The number of benzene rings is 1. The number of ether oxygens (including phenoxy) is 1. The first-order valence-corrected chi connectivity index (χ1v) is 7.76. The van der Waals surface area contributed by atoms with E-state index in [1.165, 1.54) is 0 Å². The SMILES string of the molecule is CC/C=C(/C)C(=O)NCc1cccnc1OCc1ccccc1. The molecular formula is C19H22N2O2. The van der Waals surface area contributed by atoms with E-state index < -0.39 is 0 Å². The maximum absolute atomic E-state index is 12.0. The van der Waals surface area contributed by atoms with Crippen molar-refractivity contribution in [2.45, 2.75) is 33.4 Å². The second-order valence-electron chi connectivity index (χ2n) is 5.22. The number of hydrogen-bond donors (Lipinski definition) is 1. The van der Waals surface area contributed by atoms with E-state index in [4.69, 9.17) is 4.74 Å². The van der Waals surface area contributed by atoms with E-state index in [1.807, 2.05) is 62.4 Å². The molecule has 0 radical (unpaired) electrons. The molecule has 1 aromatic heterocycles. The van der Waals surface area contributed by atoms with Crippen molar-refractivity contribution in [2.75, 3.05) is 0 Å². The Morgan fingerprint density at radius 3 is 2.74 bits per heavy atom. The maximum atomic E-state index is 12.0. The minimum absolute atomic E-state index is 0.0651. The molecule has 1 amide bonds. The molecule has 2 rings (SSSR count). The average molecular weight is 310 g/mol. The number of nitrogens with one attached hydrogen (secondary N) is 1. The van der Waals surface area contributed by atoms with E-state index in [-0.39, 0.29) is 5.91 Å². The lowest BCUT2D eigenvalue weighted by molar-refractivity contribution is -0.117. The average Bonchev–Trinajstić information content (AvgIpc) is 2.59. The highest BCUT2D eigenvalue weighted by atomic mass is 16.5. The van der Waals surface area contributed by atoms with Gasteiger partial charge in [0.15, 0.2) is 0 Å². The zero-order valence-corrected chi connectivity index (χ0v) is 13.6. The summed E-state index contributed by atoms with van der Waals surface area (Å²) in [5.41, 5.74) is 2.67. The zero-order chi connectivity index (χ0) is 16.5. The summed E-state index contributed by atoms with van der Waals surface area (Å²) in [6, 6.07) is 13.7. The Labute approximate surface area is 137 Å². The first kappa shape index (κ1) is 16.7. The third-order valence-electron chi connectivity index (χ3n) is 3.38. The van der Waals surface area contributed by atoms with E-state index in [0.29, 0.717) is 19.0 Å². The van der Waals surface area contributed by atoms with Gasteiger partial charge in [0, 0.05) is 23.9 Å². The molecule has 2 aromatic rings. The summed E-state index contributed by atoms with van der Waals surface area (Å²) in [4.78, 5) is 16.2. The van der Waals surface area contributed by atoms with Gasteiger partial charge in [-0.2, -0.15) is 0 Å². The van der Waals surface area contributed by atoms with Crippen molar-refractivity contribution in [1.82, 2.24) is 10.3 Å². The number of hydrogen-bond acceptors (Lipinski definition) is 3. The molecule has 0 aliphatic carbocycles. The Morgan fingerprint density at radius 1 is 1.22 bits per heavy atom. The van der Waals surface area contributed by atoms with E-state index in [1.54, 1.807) is 6.20 Å². The van der Waals surface area contributed by atoms with Crippen LogP contribution in [0.15, 0.2) is 60.3 Å². The predicted octanol–water partition coefficient (Wildman–Crippen LogP) is 3.63. The number of carbonyl (C=O) groups excluding carboxylic acids is 1. The van der Waals surface area contributed by atoms with Gasteiger partial charge in [-0.15, -0.1) is 0 Å². The molecular weight excluding hydrogens is 288 g/mol. The summed E-state index contributed by atoms with van der Waals surface area (Å²) in [5, 5.41) is 2.89. The molecule has 1 aromatic carbocycles. The highest BCUT2D eigenvalue weighted by Gasteiger charge is 2.08. The summed E-state index contributed by atoms with van der Waals surface area (Å²) in [6.45, 7) is 4.67. The van der Waals surface area contributed by atoms with Crippen LogP contribution in [0, 0.1) is 0 Å². The van der Waals surface area contributed by atoms with Crippen LogP contribution in [0.25, 0.3) is 0 Å². The minimum Gasteiger partial charge on any atom is -0.473 e. The lowest BCUT2D eigenvalue weighted by Gasteiger charge is -2.11. The number of aromatic nitrogens is 1. The number of amides is 1. The van der Waals surface area contributed by atoms with Gasteiger partial charge in [0.25, 0.3) is 0 Å². The van der Waals surface area contributed by atoms with E-state index in [9.17, 15) is 4.79 Å². The zero-order valence-electron chi connectivity index (χ0n) is 13.6. The third-order valence-corrected chi connectivity index (χ3v) is 3.38. The monoisotopic (exact) mass is 310 g/mol. The van der Waals surface area contributed by atoms with Crippen molar-refractivity contribution in [2.24, 2.45) is 0 Å². The van der Waals surface area contributed by atoms with Crippen LogP contribution in [-0.4, -0.2) is 10.9 Å². The third kappa shape index (κ3) is 5.25. The maximum Gasteiger partial charge on any atom is 0.246 e. The summed E-state index contributed by atoms with van der Waals surface area (Å²) < 4.78 is 5.79. The minimum atomic E-state index is -0.0651. The van der Waals surface area contributed by atoms with Crippen LogP contribution in [0.4, 0.5) is 0 Å². The molecule has 23 heavy (non-hydrogen) atoms. The van der Waals surface area contributed by atoms with Crippen LogP contribution in [0.3, 0.4) is 0 Å². The lowest BCUT2D eigenvalue weighted by atomic mass is 10.2. The van der Waals surface area contributed by atoms with Gasteiger partial charge in [-0.3, -0.25) is 4.79 Å². The van der Waals surface area contributed by atoms with Crippen molar-refractivity contribution in [3.63, 3.8) is 0 Å². The van der Waals surface area contributed by atoms with Crippen molar-refractivity contribution < 1.29 is 9.53 Å². The predicted molar refractivity (Wildman–Crippen MR) is 90.9 cm³/mol. The summed E-state index contributed by atoms with van der Waals surface area (Å²) in [6.07, 6.45) is 4.44. The molecule has 0 fully saturated rings. The quantitative estimate of drug-likeness (QED) is 0.794. The Balaban J connectivity index is 1.97. The second-order valence-corrected chi connectivity index (χ2v) is 5.22. The van der Waals surface area contributed by atoms with Crippen molar-refractivity contribution in [3.8, 4) is 5.88 Å². The number of nitrogens with zero attached hydrogens (tertiary/aromatic N) is 1. The molecule has 1 heterocycles. The van der Waals surface area contributed by atoms with Gasteiger partial charge < -0.3 is 10.1 Å². The summed E-state index contributed by atoms with van der Waals surface area (Å²) in [5.74, 6) is 0.485. The number of carbonyl (C=O) groups is 1. The molecule has 1 N–H and O–H groups in total. The first-order chi connectivity index (χ1) is 11.2. The van der Waals surface area contributed by atoms with Gasteiger partial charge in [-0.1, -0.05) is 49.4 Å². The van der Waals surface area contributed by atoms with Gasteiger partial charge in [0.1, 0.15) is 6.61 Å². The fourth-order valence-electron chi connectivity index (χ4n) is 2.13. The highest BCUT2D eigenvalue weighted by Crippen LogP contribution is 2.16. The Kier molecular flexibility index (Phi) is 6.36. The Morgan fingerprint density at radius 2 is 2.00 bits per heavy atom. The topological polar surface area (TPSA) is 51.2 Å². The molecule has 0 spiro atoms. The van der Waals surface area contributed by atoms with Crippen LogP contribution in [0.2, 0.25) is 0 Å². The van der Waals surface area contributed by atoms with Crippen molar-refractivity contribution in [3.05, 3.63) is 71.4 Å². The molecule has 0 saturated heterocycles. The van der Waals surface area contributed by atoms with E-state index in [2.05, 4.69) is 10.3 Å². The molecule has 0 aliphatic heterocycles. The molecule has 120 valence electrons. The second kappa shape index (κ2) is 8.73. The molecule has 0 unspecified atom stereocenters. The number of pyridine rings is 1. The van der Waals surface area contributed by atoms with Crippen LogP contribution >= 0.6 is 0 Å². The van der Waals surface area contributed by atoms with E-state index >= 15 is 0 Å². The van der Waals surface area contributed by atoms with Crippen LogP contribution in [-0.2, 0) is 17.9 Å². The highest BCUT2D eigenvalue weighted by molar-refractivity contribution is 5.92. The van der Waals surface area contributed by atoms with Crippen LogP contribution in [0.5, 0.6) is 5.88 Å². The smallest absolute Gasteiger partial charge is 0.246 e. The fraction of sp³-hybridized carbons (Fsp3) is 0.263. The Hall–Kier alpha value is -2.62. The summed E-state index contributed by atoms with van der Waals surface area (Å²) >= 11 is 0. The van der Waals surface area contributed by atoms with Crippen molar-refractivity contribution >= 4 is 5.91 Å². The Bertz CT molecular complexity index is 666. The molecule has 4 nitrogen and oxygen atoms in total. The lowest BCUT2D eigenvalue weighted by Crippen LogP contribution is -2.24. The van der Waals surface area contributed by atoms with E-state index in [0.717, 1.165) is 23.1 Å². The normalized spacial score (nSPS) is 11.1. The summed E-state index contributed by atoms with van der Waals surface area (Å²) in [7, 11) is 0. The van der Waals surface area contributed by atoms with Gasteiger partial charge in [0.05, 0.1) is 0 Å². The van der Waals surface area contributed by atoms with Crippen LogP contribution in [0.1, 0.15) is 31.4 Å². The van der Waals surface area contributed by atoms with Crippen molar-refractivity contribution in [1.29, 1.82) is 0 Å². The standard InChI is InChI=1S/C19H22N2O2/c1-3-8-15(2)18(22)21-13-17-11-7-12-20-19(17)23-14-16-9-5-4-6-10-16/h4-12H,3,13-14H2,1-2H3,(H,21,22)/b15-8-.